The number of aromatic nitrogens is 3. The molecule has 6 nitrogen and oxygen atoms in total. The molecule has 0 fully saturated rings. The van der Waals surface area contributed by atoms with Crippen molar-refractivity contribution < 1.29 is 9.90 Å². The number of aliphatic carboxylic acids is 1. The van der Waals surface area contributed by atoms with Crippen molar-refractivity contribution in [2.45, 2.75) is 0 Å². The highest BCUT2D eigenvalue weighted by Gasteiger charge is 2.09. The highest BCUT2D eigenvalue weighted by Crippen LogP contribution is 2.23. The number of carboxylic acid groups (broad SMARTS) is 1. The summed E-state index contributed by atoms with van der Waals surface area (Å²) in [5.41, 5.74) is 7.10. The quantitative estimate of drug-likeness (QED) is 0.721. The average molecular weight is 218 g/mol. The lowest BCUT2D eigenvalue weighted by atomic mass is 10.2. The van der Waals surface area contributed by atoms with Crippen molar-refractivity contribution in [1.29, 1.82) is 0 Å². The van der Waals surface area contributed by atoms with Gasteiger partial charge in [0, 0.05) is 24.9 Å². The van der Waals surface area contributed by atoms with E-state index in [2.05, 4.69) is 9.97 Å². The van der Waals surface area contributed by atoms with Gasteiger partial charge < -0.3 is 15.4 Å². The Bertz CT molecular complexity index is 586. The van der Waals surface area contributed by atoms with Crippen molar-refractivity contribution in [1.82, 2.24) is 14.5 Å². The van der Waals surface area contributed by atoms with Crippen LogP contribution in [0.5, 0.6) is 0 Å². The first-order chi connectivity index (χ1) is 7.59. The van der Waals surface area contributed by atoms with Crippen LogP contribution in [0.2, 0.25) is 0 Å². The van der Waals surface area contributed by atoms with Gasteiger partial charge in [0.25, 0.3) is 0 Å². The standard InChI is InChI=1S/C10H10N4O2/c1-14-4-6(2-3-7(15)16)8-9(11)12-5-13-10(8)14/h2-5H,1H3,(H,15,16)(H2,11,12,13)/b3-2+. The van der Waals surface area contributed by atoms with Crippen LogP contribution in [0, 0.1) is 0 Å². The maximum Gasteiger partial charge on any atom is 0.328 e. The van der Waals surface area contributed by atoms with E-state index in [1.165, 1.54) is 12.4 Å². The lowest BCUT2D eigenvalue weighted by molar-refractivity contribution is -0.131. The van der Waals surface area contributed by atoms with Gasteiger partial charge >= 0.3 is 5.97 Å². The Hall–Kier alpha value is -2.37. The van der Waals surface area contributed by atoms with Gasteiger partial charge in [-0.2, -0.15) is 0 Å². The summed E-state index contributed by atoms with van der Waals surface area (Å²) >= 11 is 0. The highest BCUT2D eigenvalue weighted by atomic mass is 16.4. The Morgan fingerprint density at radius 2 is 2.31 bits per heavy atom. The monoisotopic (exact) mass is 218 g/mol. The summed E-state index contributed by atoms with van der Waals surface area (Å²) in [7, 11) is 1.81. The molecule has 6 heteroatoms. The van der Waals surface area contributed by atoms with Gasteiger partial charge in [0.2, 0.25) is 0 Å². The Morgan fingerprint density at radius 1 is 1.56 bits per heavy atom. The molecule has 2 aromatic rings. The second kappa shape index (κ2) is 3.65. The van der Waals surface area contributed by atoms with Gasteiger partial charge in [0.15, 0.2) is 0 Å². The van der Waals surface area contributed by atoms with Gasteiger partial charge in [-0.3, -0.25) is 0 Å². The number of hydrogen-bond donors (Lipinski definition) is 2. The van der Waals surface area contributed by atoms with Crippen LogP contribution < -0.4 is 5.73 Å². The number of nitrogens with two attached hydrogens (primary N) is 1. The number of aryl methyl sites for hydroxylation is 1. The number of carboxylic acids is 1. The van der Waals surface area contributed by atoms with Crippen molar-refractivity contribution in [2.75, 3.05) is 5.73 Å². The molecule has 0 aromatic carbocycles. The molecule has 0 bridgehead atoms. The zero-order valence-electron chi connectivity index (χ0n) is 8.58. The van der Waals surface area contributed by atoms with E-state index in [0.29, 0.717) is 22.4 Å². The van der Waals surface area contributed by atoms with E-state index in [1.807, 2.05) is 7.05 Å². The number of fused-ring (bicyclic) bond motifs is 1. The Labute approximate surface area is 91.0 Å². The lowest BCUT2D eigenvalue weighted by Gasteiger charge is -1.96. The molecule has 3 N–H and O–H groups in total. The molecule has 0 amide bonds. The summed E-state index contributed by atoms with van der Waals surface area (Å²) in [6, 6.07) is 0. The number of anilines is 1. The van der Waals surface area contributed by atoms with Gasteiger partial charge in [-0.1, -0.05) is 0 Å². The van der Waals surface area contributed by atoms with Crippen molar-refractivity contribution >= 4 is 28.9 Å². The molecule has 2 rings (SSSR count). The van der Waals surface area contributed by atoms with Gasteiger partial charge in [0.1, 0.15) is 17.8 Å². The Kier molecular flexibility index (Phi) is 2.32. The zero-order valence-corrected chi connectivity index (χ0v) is 8.58. The van der Waals surface area contributed by atoms with Gasteiger partial charge in [-0.15, -0.1) is 0 Å². The normalized spacial score (nSPS) is 11.3. The fourth-order valence-electron chi connectivity index (χ4n) is 1.56. The zero-order chi connectivity index (χ0) is 11.7. The molecule has 2 heterocycles. The first kappa shape index (κ1) is 10.2. The molecule has 0 saturated heterocycles. The van der Waals surface area contributed by atoms with Crippen molar-refractivity contribution in [2.24, 2.45) is 7.05 Å². The maximum absolute atomic E-state index is 10.4. The lowest BCUT2D eigenvalue weighted by Crippen LogP contribution is -1.94. The van der Waals surface area contributed by atoms with E-state index in [9.17, 15) is 4.79 Å². The summed E-state index contributed by atoms with van der Waals surface area (Å²) in [5.74, 6) is -0.664. The van der Waals surface area contributed by atoms with Gasteiger partial charge in [0.05, 0.1) is 5.39 Å². The molecular formula is C10H10N4O2. The van der Waals surface area contributed by atoms with Gasteiger partial charge in [-0.25, -0.2) is 14.8 Å². The van der Waals surface area contributed by atoms with Crippen LogP contribution in [0.3, 0.4) is 0 Å². The molecule has 2 aromatic heterocycles. The summed E-state index contributed by atoms with van der Waals surface area (Å²) in [6.07, 6.45) is 5.67. The van der Waals surface area contributed by atoms with Crippen LogP contribution in [-0.4, -0.2) is 25.6 Å². The van der Waals surface area contributed by atoms with Crippen LogP contribution in [0.4, 0.5) is 5.82 Å². The number of nitrogens with zero attached hydrogens (tertiary/aromatic N) is 3. The van der Waals surface area contributed by atoms with Crippen LogP contribution in [0.15, 0.2) is 18.6 Å². The Balaban J connectivity index is 2.66. The van der Waals surface area contributed by atoms with Crippen LogP contribution in [-0.2, 0) is 11.8 Å². The van der Waals surface area contributed by atoms with Crippen LogP contribution >= 0.6 is 0 Å². The van der Waals surface area contributed by atoms with E-state index in [-0.39, 0.29) is 0 Å². The molecule has 0 radical (unpaired) electrons. The molecule has 82 valence electrons. The third-order valence-electron chi connectivity index (χ3n) is 2.22. The van der Waals surface area contributed by atoms with Crippen LogP contribution in [0.25, 0.3) is 17.1 Å². The van der Waals surface area contributed by atoms with E-state index in [0.717, 1.165) is 6.08 Å². The fraction of sp³-hybridized carbons (Fsp3) is 0.100. The minimum atomic E-state index is -1.01. The second-order valence-electron chi connectivity index (χ2n) is 3.32. The molecule has 0 saturated carbocycles. The van der Waals surface area contributed by atoms with Crippen LogP contribution in [0.1, 0.15) is 5.56 Å². The first-order valence-corrected chi connectivity index (χ1v) is 4.56. The number of nitrogen functional groups attached to an aromatic ring is 1. The molecular weight excluding hydrogens is 208 g/mol. The first-order valence-electron chi connectivity index (χ1n) is 4.56. The number of carbonyl (C=O) groups is 1. The summed E-state index contributed by atoms with van der Waals surface area (Å²) in [6.45, 7) is 0. The summed E-state index contributed by atoms with van der Waals surface area (Å²) in [5, 5.41) is 9.24. The molecule has 0 unspecified atom stereocenters. The maximum atomic E-state index is 10.4. The molecule has 0 aliphatic rings. The summed E-state index contributed by atoms with van der Waals surface area (Å²) < 4.78 is 1.77. The average Bonchev–Trinajstić information content (AvgIpc) is 2.55. The minimum absolute atomic E-state index is 0.343. The largest absolute Gasteiger partial charge is 0.478 e. The molecule has 0 spiro atoms. The number of hydrogen-bond acceptors (Lipinski definition) is 4. The predicted molar refractivity (Wildman–Crippen MR) is 59.6 cm³/mol. The minimum Gasteiger partial charge on any atom is -0.478 e. The van der Waals surface area contributed by atoms with Gasteiger partial charge in [-0.05, 0) is 6.08 Å². The third-order valence-corrected chi connectivity index (χ3v) is 2.22. The SMILES string of the molecule is Cn1cc(/C=C/C(=O)O)c2c(N)ncnc21. The smallest absolute Gasteiger partial charge is 0.328 e. The topological polar surface area (TPSA) is 94.0 Å². The van der Waals surface area contributed by atoms with Crippen molar-refractivity contribution in [3.8, 4) is 0 Å². The van der Waals surface area contributed by atoms with E-state index < -0.39 is 5.97 Å². The summed E-state index contributed by atoms with van der Waals surface area (Å²) in [4.78, 5) is 18.4. The number of rotatable bonds is 2. The van der Waals surface area contributed by atoms with E-state index >= 15 is 0 Å². The molecule has 16 heavy (non-hydrogen) atoms. The molecule has 0 atom stereocenters. The van der Waals surface area contributed by atoms with E-state index in [4.69, 9.17) is 10.8 Å². The molecule has 0 aliphatic carbocycles. The van der Waals surface area contributed by atoms with E-state index in [1.54, 1.807) is 10.8 Å². The Morgan fingerprint density at radius 3 is 3.00 bits per heavy atom. The van der Waals surface area contributed by atoms with Crippen molar-refractivity contribution in [3.63, 3.8) is 0 Å². The highest BCUT2D eigenvalue weighted by molar-refractivity contribution is 5.97. The second-order valence-corrected chi connectivity index (χ2v) is 3.32. The molecule has 0 aliphatic heterocycles. The predicted octanol–water partition coefficient (Wildman–Crippen LogP) is 0.648. The fourth-order valence-corrected chi connectivity index (χ4v) is 1.56. The van der Waals surface area contributed by atoms with Crippen molar-refractivity contribution in [3.05, 3.63) is 24.2 Å². The third kappa shape index (κ3) is 1.60.